The van der Waals surface area contributed by atoms with E-state index in [-0.39, 0.29) is 17.6 Å². The molecule has 1 N–H and O–H groups in total. The standard InChI is InChI=1S/C18H28N6O/c1-18(2,3)24-16(20-13-21-24)12-19-17(25)23-11-6-5-8-15(23)14-9-7-10-22(14)4/h7,9-10,13,15H,5-6,8,11-12H2,1-4H3,(H,19,25). The van der Waals surface area contributed by atoms with Crippen LogP contribution in [0, 0.1) is 0 Å². The van der Waals surface area contributed by atoms with Gasteiger partial charge >= 0.3 is 6.03 Å². The van der Waals surface area contributed by atoms with Crippen LogP contribution in [0.5, 0.6) is 0 Å². The highest BCUT2D eigenvalue weighted by atomic mass is 16.2. The van der Waals surface area contributed by atoms with Crippen LogP contribution in [0.1, 0.15) is 57.6 Å². The van der Waals surface area contributed by atoms with Crippen molar-refractivity contribution in [2.45, 2.75) is 58.2 Å². The Balaban J connectivity index is 1.70. The van der Waals surface area contributed by atoms with Gasteiger partial charge in [-0.05, 0) is 52.2 Å². The summed E-state index contributed by atoms with van der Waals surface area (Å²) in [4.78, 5) is 19.1. The summed E-state index contributed by atoms with van der Waals surface area (Å²) in [6.07, 6.45) is 6.78. The SMILES string of the molecule is Cn1cccc1C1CCCCN1C(=O)NCc1ncnn1C(C)(C)C. The van der Waals surface area contributed by atoms with E-state index in [1.807, 2.05) is 28.9 Å². The van der Waals surface area contributed by atoms with Crippen LogP contribution in [-0.2, 0) is 19.1 Å². The number of amides is 2. The molecule has 0 radical (unpaired) electrons. The summed E-state index contributed by atoms with van der Waals surface area (Å²) >= 11 is 0. The third-order valence-corrected chi connectivity index (χ3v) is 4.74. The average molecular weight is 344 g/mol. The summed E-state index contributed by atoms with van der Waals surface area (Å²) in [5, 5.41) is 7.32. The molecule has 1 aliphatic heterocycles. The number of nitrogens with one attached hydrogen (secondary N) is 1. The van der Waals surface area contributed by atoms with E-state index in [1.54, 1.807) is 6.33 Å². The highest BCUT2D eigenvalue weighted by molar-refractivity contribution is 5.74. The normalized spacial score (nSPS) is 18.4. The molecule has 7 nitrogen and oxygen atoms in total. The van der Waals surface area contributed by atoms with Crippen molar-refractivity contribution >= 4 is 6.03 Å². The lowest BCUT2D eigenvalue weighted by molar-refractivity contribution is 0.147. The van der Waals surface area contributed by atoms with E-state index in [4.69, 9.17) is 0 Å². The topological polar surface area (TPSA) is 68.0 Å². The zero-order valence-corrected chi connectivity index (χ0v) is 15.6. The fraction of sp³-hybridized carbons (Fsp3) is 0.611. The highest BCUT2D eigenvalue weighted by Gasteiger charge is 2.29. The summed E-state index contributed by atoms with van der Waals surface area (Å²) in [5.74, 6) is 0.772. The van der Waals surface area contributed by atoms with E-state index in [1.165, 1.54) is 5.69 Å². The third-order valence-electron chi connectivity index (χ3n) is 4.74. The van der Waals surface area contributed by atoms with Crippen LogP contribution >= 0.6 is 0 Å². The Morgan fingerprint density at radius 2 is 2.16 bits per heavy atom. The number of piperidine rings is 1. The minimum absolute atomic E-state index is 0.0330. The van der Waals surface area contributed by atoms with Crippen molar-refractivity contribution in [3.8, 4) is 0 Å². The lowest BCUT2D eigenvalue weighted by Crippen LogP contribution is -2.45. The number of urea groups is 1. The maximum absolute atomic E-state index is 12.8. The molecule has 1 fully saturated rings. The van der Waals surface area contributed by atoms with Crippen molar-refractivity contribution in [3.63, 3.8) is 0 Å². The van der Waals surface area contributed by atoms with E-state index >= 15 is 0 Å². The zero-order valence-electron chi connectivity index (χ0n) is 15.6. The summed E-state index contributed by atoms with van der Waals surface area (Å²) in [7, 11) is 2.03. The fourth-order valence-corrected chi connectivity index (χ4v) is 3.51. The Kier molecular flexibility index (Phi) is 4.83. The van der Waals surface area contributed by atoms with Crippen molar-refractivity contribution in [3.05, 3.63) is 36.2 Å². The number of carbonyl (C=O) groups excluding carboxylic acids is 1. The predicted octanol–water partition coefficient (Wildman–Crippen LogP) is 2.81. The molecular formula is C18H28N6O. The Morgan fingerprint density at radius 3 is 2.84 bits per heavy atom. The van der Waals surface area contributed by atoms with Gasteiger partial charge < -0.3 is 14.8 Å². The minimum Gasteiger partial charge on any atom is -0.353 e. The summed E-state index contributed by atoms with van der Waals surface area (Å²) in [6, 6.07) is 4.24. The first kappa shape index (κ1) is 17.5. The first-order valence-electron chi connectivity index (χ1n) is 8.93. The van der Waals surface area contributed by atoms with E-state index in [9.17, 15) is 4.79 Å². The van der Waals surface area contributed by atoms with E-state index < -0.39 is 0 Å². The fourth-order valence-electron chi connectivity index (χ4n) is 3.51. The average Bonchev–Trinajstić information content (AvgIpc) is 3.21. The maximum Gasteiger partial charge on any atom is 0.318 e. The number of likely N-dealkylation sites (tertiary alicyclic amines) is 1. The maximum atomic E-state index is 12.8. The Morgan fingerprint density at radius 1 is 1.36 bits per heavy atom. The molecule has 0 spiro atoms. The number of carbonyl (C=O) groups is 1. The van der Waals surface area contributed by atoms with Gasteiger partial charge in [0.1, 0.15) is 12.2 Å². The van der Waals surface area contributed by atoms with Crippen LogP contribution in [0.25, 0.3) is 0 Å². The van der Waals surface area contributed by atoms with Crippen molar-refractivity contribution in [2.75, 3.05) is 6.54 Å². The Labute approximate surface area is 149 Å². The van der Waals surface area contributed by atoms with Crippen LogP contribution < -0.4 is 5.32 Å². The van der Waals surface area contributed by atoms with Gasteiger partial charge in [0.25, 0.3) is 0 Å². The third kappa shape index (κ3) is 3.70. The van der Waals surface area contributed by atoms with Gasteiger partial charge in [-0.1, -0.05) is 0 Å². The van der Waals surface area contributed by atoms with Crippen molar-refractivity contribution in [2.24, 2.45) is 7.05 Å². The van der Waals surface area contributed by atoms with Gasteiger partial charge in [0, 0.05) is 25.5 Å². The Hall–Kier alpha value is -2.31. The van der Waals surface area contributed by atoms with E-state index in [2.05, 4.69) is 46.8 Å². The molecule has 0 saturated carbocycles. The first-order valence-corrected chi connectivity index (χ1v) is 8.93. The van der Waals surface area contributed by atoms with Crippen LogP contribution in [-0.4, -0.2) is 36.8 Å². The quantitative estimate of drug-likeness (QED) is 0.931. The molecule has 2 aromatic rings. The second-order valence-corrected chi connectivity index (χ2v) is 7.67. The molecule has 1 unspecified atom stereocenters. The molecule has 136 valence electrons. The van der Waals surface area contributed by atoms with Crippen molar-refractivity contribution < 1.29 is 4.79 Å². The molecule has 3 rings (SSSR count). The molecule has 0 bridgehead atoms. The van der Waals surface area contributed by atoms with Crippen LogP contribution in [0.4, 0.5) is 4.79 Å². The lowest BCUT2D eigenvalue weighted by Gasteiger charge is -2.36. The first-order chi connectivity index (χ1) is 11.9. The van der Waals surface area contributed by atoms with Gasteiger partial charge in [-0.2, -0.15) is 5.10 Å². The summed E-state index contributed by atoms with van der Waals surface area (Å²) < 4.78 is 3.96. The molecule has 25 heavy (non-hydrogen) atoms. The molecule has 3 heterocycles. The second-order valence-electron chi connectivity index (χ2n) is 7.67. The van der Waals surface area contributed by atoms with Gasteiger partial charge in [-0.25, -0.2) is 14.5 Å². The minimum atomic E-state index is -0.159. The van der Waals surface area contributed by atoms with E-state index in [0.29, 0.717) is 6.54 Å². The number of nitrogens with zero attached hydrogens (tertiary/aromatic N) is 5. The number of rotatable bonds is 3. The van der Waals surface area contributed by atoms with E-state index in [0.717, 1.165) is 31.6 Å². The molecule has 1 atom stereocenters. The van der Waals surface area contributed by atoms with Crippen LogP contribution in [0.2, 0.25) is 0 Å². The monoisotopic (exact) mass is 344 g/mol. The molecule has 1 saturated heterocycles. The molecule has 7 heteroatoms. The molecular weight excluding hydrogens is 316 g/mol. The summed E-state index contributed by atoms with van der Waals surface area (Å²) in [5.41, 5.74) is 1.03. The van der Waals surface area contributed by atoms with Gasteiger partial charge in [-0.3, -0.25) is 0 Å². The highest BCUT2D eigenvalue weighted by Crippen LogP contribution is 2.30. The van der Waals surface area contributed by atoms with Crippen LogP contribution in [0.3, 0.4) is 0 Å². The molecule has 1 aliphatic rings. The largest absolute Gasteiger partial charge is 0.353 e. The predicted molar refractivity (Wildman–Crippen MR) is 96.0 cm³/mol. The van der Waals surface area contributed by atoms with Gasteiger partial charge in [-0.15, -0.1) is 0 Å². The van der Waals surface area contributed by atoms with Gasteiger partial charge in [0.2, 0.25) is 0 Å². The van der Waals surface area contributed by atoms with Crippen molar-refractivity contribution in [1.82, 2.24) is 29.5 Å². The van der Waals surface area contributed by atoms with Gasteiger partial charge in [0.15, 0.2) is 0 Å². The molecule has 0 aromatic carbocycles. The second kappa shape index (κ2) is 6.90. The molecule has 2 amide bonds. The number of aromatic nitrogens is 4. The molecule has 2 aromatic heterocycles. The Bertz CT molecular complexity index is 726. The smallest absolute Gasteiger partial charge is 0.318 e. The number of aryl methyl sites for hydroxylation is 1. The molecule has 0 aliphatic carbocycles. The van der Waals surface area contributed by atoms with Gasteiger partial charge in [0.05, 0.1) is 18.1 Å². The summed E-state index contributed by atoms with van der Waals surface area (Å²) in [6.45, 7) is 7.38. The number of hydrogen-bond donors (Lipinski definition) is 1. The lowest BCUT2D eigenvalue weighted by atomic mass is 10.00. The van der Waals surface area contributed by atoms with Crippen LogP contribution in [0.15, 0.2) is 24.7 Å². The zero-order chi connectivity index (χ0) is 18.0. The van der Waals surface area contributed by atoms with Crippen molar-refractivity contribution in [1.29, 1.82) is 0 Å². The number of hydrogen-bond acceptors (Lipinski definition) is 3.